The maximum atomic E-state index is 11.8. The summed E-state index contributed by atoms with van der Waals surface area (Å²) < 4.78 is 1.70. The number of hydrogen-bond donors (Lipinski definition) is 3. The molecule has 0 atom stereocenters. The smallest absolute Gasteiger partial charge is 0.357 e. The summed E-state index contributed by atoms with van der Waals surface area (Å²) in [7, 11) is 0. The van der Waals surface area contributed by atoms with Crippen molar-refractivity contribution in [3.8, 4) is 11.3 Å². The molecule has 3 aromatic heterocycles. The predicted molar refractivity (Wildman–Crippen MR) is 80.3 cm³/mol. The maximum absolute atomic E-state index is 11.8. The summed E-state index contributed by atoms with van der Waals surface area (Å²) in [6.45, 7) is 0.460. The average molecular weight is 311 g/mol. The number of hydrogen-bond acceptors (Lipinski definition) is 4. The molecule has 0 aliphatic heterocycles. The number of carboxylic acids is 1. The highest BCUT2D eigenvalue weighted by Gasteiger charge is 2.30. The minimum Gasteiger partial charge on any atom is -0.476 e. The van der Waals surface area contributed by atoms with Gasteiger partial charge in [-0.05, 0) is 30.5 Å². The van der Waals surface area contributed by atoms with Gasteiger partial charge in [0.15, 0.2) is 5.69 Å². The van der Waals surface area contributed by atoms with Gasteiger partial charge in [0.1, 0.15) is 0 Å². The van der Waals surface area contributed by atoms with Gasteiger partial charge in [0.25, 0.3) is 5.56 Å². The van der Waals surface area contributed by atoms with E-state index in [9.17, 15) is 14.7 Å². The summed E-state index contributed by atoms with van der Waals surface area (Å²) >= 11 is 0. The molecule has 0 radical (unpaired) electrons. The second-order valence-corrected chi connectivity index (χ2v) is 5.42. The zero-order valence-electron chi connectivity index (χ0n) is 12.0. The lowest BCUT2D eigenvalue weighted by atomic mass is 9.93. The van der Waals surface area contributed by atoms with Crippen molar-refractivity contribution in [2.45, 2.75) is 19.4 Å². The van der Waals surface area contributed by atoms with E-state index < -0.39 is 5.97 Å². The third-order valence-electron chi connectivity index (χ3n) is 4.08. The van der Waals surface area contributed by atoms with Crippen LogP contribution in [0.2, 0.25) is 0 Å². The van der Waals surface area contributed by atoms with Gasteiger partial charge in [-0.1, -0.05) is 0 Å². The Bertz CT molecular complexity index is 951. The Morgan fingerprint density at radius 2 is 2.04 bits per heavy atom. The first kappa shape index (κ1) is 13.5. The number of aromatic carboxylic acids is 1. The topological polar surface area (TPSA) is 117 Å². The molecule has 4 rings (SSSR count). The Kier molecular flexibility index (Phi) is 2.90. The van der Waals surface area contributed by atoms with Gasteiger partial charge in [0.05, 0.1) is 17.8 Å². The van der Waals surface area contributed by atoms with Gasteiger partial charge in [-0.3, -0.25) is 24.7 Å². The van der Waals surface area contributed by atoms with Crippen LogP contribution in [0.15, 0.2) is 29.3 Å². The Balaban J connectivity index is 1.88. The first-order valence-electron chi connectivity index (χ1n) is 7.17. The van der Waals surface area contributed by atoms with Gasteiger partial charge in [-0.2, -0.15) is 5.10 Å². The van der Waals surface area contributed by atoms with E-state index in [-0.39, 0.29) is 11.3 Å². The Morgan fingerprint density at radius 3 is 2.78 bits per heavy atom. The van der Waals surface area contributed by atoms with Crippen molar-refractivity contribution in [1.82, 2.24) is 25.0 Å². The molecule has 0 bridgehead atoms. The molecule has 0 aromatic carbocycles. The molecule has 3 N–H and O–H groups in total. The molecule has 116 valence electrons. The van der Waals surface area contributed by atoms with Crippen molar-refractivity contribution in [2.75, 3.05) is 0 Å². The van der Waals surface area contributed by atoms with Crippen LogP contribution in [0, 0.1) is 0 Å². The van der Waals surface area contributed by atoms with E-state index in [1.54, 1.807) is 17.1 Å². The monoisotopic (exact) mass is 311 g/mol. The highest BCUT2D eigenvalue weighted by molar-refractivity contribution is 5.95. The molecule has 0 amide bonds. The van der Waals surface area contributed by atoms with E-state index in [0.29, 0.717) is 36.2 Å². The zero-order chi connectivity index (χ0) is 16.0. The molecule has 8 heteroatoms. The van der Waals surface area contributed by atoms with E-state index in [1.165, 1.54) is 0 Å². The van der Waals surface area contributed by atoms with Crippen molar-refractivity contribution < 1.29 is 9.90 Å². The van der Waals surface area contributed by atoms with E-state index in [4.69, 9.17) is 0 Å². The number of carbonyl (C=O) groups is 1. The molecule has 3 heterocycles. The van der Waals surface area contributed by atoms with E-state index in [1.807, 2.05) is 12.1 Å². The fraction of sp³-hybridized carbons (Fsp3) is 0.200. The third-order valence-corrected chi connectivity index (χ3v) is 4.08. The van der Waals surface area contributed by atoms with Crippen LogP contribution >= 0.6 is 0 Å². The van der Waals surface area contributed by atoms with Crippen LogP contribution in [0.1, 0.15) is 27.3 Å². The number of pyridine rings is 1. The number of carboxylic acid groups (broad SMARTS) is 1. The first-order valence-corrected chi connectivity index (χ1v) is 7.17. The van der Waals surface area contributed by atoms with Crippen LogP contribution < -0.4 is 5.56 Å². The van der Waals surface area contributed by atoms with E-state index in [0.717, 1.165) is 11.3 Å². The van der Waals surface area contributed by atoms with Crippen LogP contribution in [0.5, 0.6) is 0 Å². The highest BCUT2D eigenvalue weighted by Crippen LogP contribution is 2.33. The summed E-state index contributed by atoms with van der Waals surface area (Å²) in [4.78, 5) is 27.3. The molecular formula is C15H13N5O3. The van der Waals surface area contributed by atoms with Gasteiger partial charge >= 0.3 is 5.97 Å². The molecule has 0 fully saturated rings. The molecule has 23 heavy (non-hydrogen) atoms. The Labute approximate surface area is 129 Å². The molecule has 0 spiro atoms. The van der Waals surface area contributed by atoms with Crippen molar-refractivity contribution in [3.05, 3.63) is 57.4 Å². The van der Waals surface area contributed by atoms with E-state index in [2.05, 4.69) is 20.3 Å². The largest absolute Gasteiger partial charge is 0.476 e. The Morgan fingerprint density at radius 1 is 1.26 bits per heavy atom. The quantitative estimate of drug-likeness (QED) is 0.661. The standard InChI is InChI=1S/C15H13N5O3/c21-14-9-1-2-10-11(12(9)17-18-14)13(15(22)23)19-20(10)7-8-3-5-16-6-4-8/h3-6H,1-2,7H2,(H,22,23)(H2,17,18,21). The summed E-state index contributed by atoms with van der Waals surface area (Å²) in [6, 6.07) is 3.72. The van der Waals surface area contributed by atoms with Gasteiger partial charge in [-0.15, -0.1) is 0 Å². The van der Waals surface area contributed by atoms with Gasteiger partial charge in [-0.25, -0.2) is 4.79 Å². The number of H-pyrrole nitrogens is 2. The second-order valence-electron chi connectivity index (χ2n) is 5.42. The SMILES string of the molecule is O=C(O)c1nn(Cc2ccncc2)c2c1-c1[nH][nH]c(=O)c1CC2. The number of fused-ring (bicyclic) bond motifs is 3. The number of nitrogens with one attached hydrogen (secondary N) is 2. The summed E-state index contributed by atoms with van der Waals surface area (Å²) in [5.41, 5.74) is 3.19. The van der Waals surface area contributed by atoms with Crippen molar-refractivity contribution in [1.29, 1.82) is 0 Å². The van der Waals surface area contributed by atoms with Crippen LogP contribution in [-0.2, 0) is 19.4 Å². The van der Waals surface area contributed by atoms with Crippen LogP contribution in [0.3, 0.4) is 0 Å². The first-order chi connectivity index (χ1) is 11.1. The maximum Gasteiger partial charge on any atom is 0.357 e. The molecule has 8 nitrogen and oxygen atoms in total. The minimum absolute atomic E-state index is 0.0368. The minimum atomic E-state index is -1.11. The molecule has 0 saturated heterocycles. The number of aromatic nitrogens is 5. The lowest BCUT2D eigenvalue weighted by molar-refractivity contribution is 0.0690. The zero-order valence-corrected chi connectivity index (χ0v) is 12.0. The summed E-state index contributed by atoms with van der Waals surface area (Å²) in [6.07, 6.45) is 4.51. The van der Waals surface area contributed by atoms with Gasteiger partial charge in [0, 0.05) is 23.7 Å². The molecule has 1 aliphatic rings. The third kappa shape index (κ3) is 2.07. The molecule has 1 aliphatic carbocycles. The predicted octanol–water partition coefficient (Wildman–Crippen LogP) is 0.807. The highest BCUT2D eigenvalue weighted by atomic mass is 16.4. The van der Waals surface area contributed by atoms with Crippen molar-refractivity contribution >= 4 is 5.97 Å². The molecular weight excluding hydrogens is 298 g/mol. The second kappa shape index (κ2) is 4.94. The lowest BCUT2D eigenvalue weighted by Gasteiger charge is -2.14. The normalized spacial score (nSPS) is 12.7. The average Bonchev–Trinajstić information content (AvgIpc) is 3.10. The lowest BCUT2D eigenvalue weighted by Crippen LogP contribution is -2.14. The van der Waals surface area contributed by atoms with E-state index >= 15 is 0 Å². The fourth-order valence-electron chi connectivity index (χ4n) is 3.03. The molecule has 3 aromatic rings. The summed E-state index contributed by atoms with van der Waals surface area (Å²) in [5.74, 6) is -1.11. The van der Waals surface area contributed by atoms with Crippen LogP contribution in [0.25, 0.3) is 11.3 Å². The van der Waals surface area contributed by atoms with Crippen LogP contribution in [0.4, 0.5) is 0 Å². The Hall–Kier alpha value is -3.16. The van der Waals surface area contributed by atoms with Gasteiger partial charge < -0.3 is 5.11 Å². The molecule has 0 unspecified atom stereocenters. The number of aromatic amines is 2. The van der Waals surface area contributed by atoms with Crippen LogP contribution in [-0.4, -0.2) is 36.0 Å². The van der Waals surface area contributed by atoms with Crippen molar-refractivity contribution in [2.24, 2.45) is 0 Å². The van der Waals surface area contributed by atoms with Gasteiger partial charge in [0.2, 0.25) is 0 Å². The number of nitrogens with zero attached hydrogens (tertiary/aromatic N) is 3. The summed E-state index contributed by atoms with van der Waals surface area (Å²) in [5, 5.41) is 19.0. The molecule has 0 saturated carbocycles. The fourth-order valence-corrected chi connectivity index (χ4v) is 3.03. The number of rotatable bonds is 3. The van der Waals surface area contributed by atoms with Crippen molar-refractivity contribution in [3.63, 3.8) is 0 Å².